The highest BCUT2D eigenvalue weighted by atomic mass is 16.6. The van der Waals surface area contributed by atoms with Crippen LogP contribution in [0.4, 0.5) is 5.88 Å². The van der Waals surface area contributed by atoms with Gasteiger partial charge in [0.15, 0.2) is 0 Å². The molecule has 0 saturated heterocycles. The zero-order chi connectivity index (χ0) is 9.30. The molecular weight excluding hydrogens is 166 g/mol. The Balaban J connectivity index is 3.17. The van der Waals surface area contributed by atoms with Crippen LogP contribution in [0.3, 0.4) is 0 Å². The third-order valence-corrected chi connectivity index (χ3v) is 1.28. The van der Waals surface area contributed by atoms with E-state index in [1.807, 2.05) is 0 Å². The number of furan rings is 1. The summed E-state index contributed by atoms with van der Waals surface area (Å²) in [5.41, 5.74) is 0.245. The van der Waals surface area contributed by atoms with Gasteiger partial charge in [-0.3, -0.25) is 10.1 Å². The molecule has 0 aromatic carbocycles. The molecule has 12 heavy (non-hydrogen) atoms. The number of nitro groups is 1. The molecule has 0 unspecified atom stereocenters. The number of rotatable bonds is 2. The molecule has 1 N–H and O–H groups in total. The van der Waals surface area contributed by atoms with Crippen LogP contribution in [-0.2, 0) is 0 Å². The van der Waals surface area contributed by atoms with Gasteiger partial charge in [0.25, 0.3) is 0 Å². The van der Waals surface area contributed by atoms with Gasteiger partial charge in [0.1, 0.15) is 4.92 Å². The maximum atomic E-state index is 10.3. The van der Waals surface area contributed by atoms with Crippen molar-refractivity contribution >= 4 is 11.9 Å². The lowest BCUT2D eigenvalue weighted by Crippen LogP contribution is -1.95. The molecule has 0 spiro atoms. The molecule has 0 atom stereocenters. The molecule has 0 radical (unpaired) electrons. The second kappa shape index (κ2) is 2.65. The predicted octanol–water partition coefficient (Wildman–Crippen LogP) is 1.19. The van der Waals surface area contributed by atoms with E-state index < -0.39 is 16.8 Å². The van der Waals surface area contributed by atoms with Gasteiger partial charge in [0.2, 0.25) is 5.76 Å². The summed E-state index contributed by atoms with van der Waals surface area (Å²) in [6.07, 6.45) is 0. The van der Waals surface area contributed by atoms with Crippen LogP contribution in [0, 0.1) is 17.0 Å². The zero-order valence-corrected chi connectivity index (χ0v) is 6.10. The zero-order valence-electron chi connectivity index (χ0n) is 6.10. The number of hydrogen-bond acceptors (Lipinski definition) is 4. The van der Waals surface area contributed by atoms with Crippen LogP contribution in [0.1, 0.15) is 16.1 Å². The summed E-state index contributed by atoms with van der Waals surface area (Å²) in [5, 5.41) is 18.6. The van der Waals surface area contributed by atoms with Crippen LogP contribution in [0.15, 0.2) is 10.5 Å². The molecule has 1 aromatic heterocycles. The van der Waals surface area contributed by atoms with E-state index in [-0.39, 0.29) is 11.3 Å². The Bertz CT molecular complexity index is 340. The average Bonchev–Trinajstić information content (AvgIpc) is 2.30. The fraction of sp³-hybridized carbons (Fsp3) is 0.167. The van der Waals surface area contributed by atoms with Gasteiger partial charge < -0.3 is 9.52 Å². The first-order valence-electron chi connectivity index (χ1n) is 3.00. The first-order valence-corrected chi connectivity index (χ1v) is 3.00. The van der Waals surface area contributed by atoms with Gasteiger partial charge in [-0.2, -0.15) is 0 Å². The van der Waals surface area contributed by atoms with Crippen molar-refractivity contribution in [3.8, 4) is 0 Å². The van der Waals surface area contributed by atoms with E-state index in [4.69, 9.17) is 5.11 Å². The molecule has 6 nitrogen and oxygen atoms in total. The summed E-state index contributed by atoms with van der Waals surface area (Å²) in [6, 6.07) is 1.07. The second-order valence-corrected chi connectivity index (χ2v) is 2.16. The number of aryl methyl sites for hydroxylation is 1. The molecule has 0 bridgehead atoms. The van der Waals surface area contributed by atoms with Gasteiger partial charge in [0.05, 0.1) is 6.07 Å². The molecule has 0 saturated carbocycles. The summed E-state index contributed by atoms with van der Waals surface area (Å²) in [5.74, 6) is -2.24. The summed E-state index contributed by atoms with van der Waals surface area (Å²) < 4.78 is 4.44. The molecule has 1 heterocycles. The summed E-state index contributed by atoms with van der Waals surface area (Å²) >= 11 is 0. The highest BCUT2D eigenvalue weighted by molar-refractivity contribution is 5.86. The maximum Gasteiger partial charge on any atom is 0.434 e. The summed E-state index contributed by atoms with van der Waals surface area (Å²) in [6.45, 7) is 1.43. The van der Waals surface area contributed by atoms with E-state index in [1.165, 1.54) is 6.92 Å². The van der Waals surface area contributed by atoms with Crippen LogP contribution < -0.4 is 0 Å². The van der Waals surface area contributed by atoms with Crippen LogP contribution in [0.25, 0.3) is 0 Å². The van der Waals surface area contributed by atoms with Crippen molar-refractivity contribution in [2.24, 2.45) is 0 Å². The lowest BCUT2D eigenvalue weighted by molar-refractivity contribution is -0.402. The number of carboxylic acids is 1. The Hall–Kier alpha value is -1.85. The molecule has 1 rings (SSSR count). The minimum absolute atomic E-state index is 0.245. The quantitative estimate of drug-likeness (QED) is 0.532. The number of hydrogen-bond donors (Lipinski definition) is 1. The highest BCUT2D eigenvalue weighted by Crippen LogP contribution is 2.20. The molecule has 6 heteroatoms. The van der Waals surface area contributed by atoms with E-state index in [0.717, 1.165) is 6.07 Å². The van der Waals surface area contributed by atoms with Gasteiger partial charge in [-0.25, -0.2) is 4.79 Å². The second-order valence-electron chi connectivity index (χ2n) is 2.16. The molecule has 0 amide bonds. The van der Waals surface area contributed by atoms with Gasteiger partial charge in [-0.1, -0.05) is 0 Å². The predicted molar refractivity (Wildman–Crippen MR) is 37.1 cm³/mol. The summed E-state index contributed by atoms with van der Waals surface area (Å²) in [4.78, 5) is 19.7. The summed E-state index contributed by atoms with van der Waals surface area (Å²) in [7, 11) is 0. The number of nitrogens with zero attached hydrogens (tertiary/aromatic N) is 1. The largest absolute Gasteiger partial charge is 0.475 e. The fourth-order valence-electron chi connectivity index (χ4n) is 0.768. The van der Waals surface area contributed by atoms with Crippen molar-refractivity contribution in [1.82, 2.24) is 0 Å². The standard InChI is InChI=1S/C6H5NO5/c1-3-2-4(7(10)11)12-5(3)6(8)9/h2H,1H3,(H,8,9). The Morgan fingerprint density at radius 1 is 1.75 bits per heavy atom. The van der Waals surface area contributed by atoms with Crippen LogP contribution in [0.5, 0.6) is 0 Å². The average molecular weight is 171 g/mol. The molecule has 1 aromatic rings. The van der Waals surface area contributed by atoms with E-state index in [0.29, 0.717) is 0 Å². The van der Waals surface area contributed by atoms with Crippen molar-refractivity contribution < 1.29 is 19.2 Å². The minimum Gasteiger partial charge on any atom is -0.475 e. The minimum atomic E-state index is -1.30. The van der Waals surface area contributed by atoms with Gasteiger partial charge >= 0.3 is 11.9 Å². The van der Waals surface area contributed by atoms with Crippen LogP contribution in [-0.4, -0.2) is 16.0 Å². The molecule has 0 aliphatic rings. The molecular formula is C6H5NO5. The molecule has 0 fully saturated rings. The van der Waals surface area contributed by atoms with Crippen molar-refractivity contribution in [2.45, 2.75) is 6.92 Å². The molecule has 64 valence electrons. The van der Waals surface area contributed by atoms with E-state index >= 15 is 0 Å². The Kier molecular flexibility index (Phi) is 1.82. The molecule has 0 aliphatic heterocycles. The van der Waals surface area contributed by atoms with Gasteiger partial charge in [-0.15, -0.1) is 0 Å². The SMILES string of the molecule is Cc1cc([N+](=O)[O-])oc1C(=O)O. The topological polar surface area (TPSA) is 93.6 Å². The van der Waals surface area contributed by atoms with Crippen LogP contribution in [0.2, 0.25) is 0 Å². The number of carbonyl (C=O) groups is 1. The van der Waals surface area contributed by atoms with Gasteiger partial charge in [-0.05, 0) is 6.92 Å². The lowest BCUT2D eigenvalue weighted by Gasteiger charge is -1.85. The number of carboxylic acid groups (broad SMARTS) is 1. The van der Waals surface area contributed by atoms with E-state index in [1.54, 1.807) is 0 Å². The Labute approximate surface area is 66.6 Å². The smallest absolute Gasteiger partial charge is 0.434 e. The number of aromatic carboxylic acids is 1. The molecule has 0 aliphatic carbocycles. The third kappa shape index (κ3) is 1.26. The first-order chi connectivity index (χ1) is 5.52. The van der Waals surface area contributed by atoms with Crippen molar-refractivity contribution in [3.05, 3.63) is 27.5 Å². The lowest BCUT2D eigenvalue weighted by atomic mass is 10.3. The Morgan fingerprint density at radius 3 is 2.58 bits per heavy atom. The van der Waals surface area contributed by atoms with Crippen molar-refractivity contribution in [1.29, 1.82) is 0 Å². The van der Waals surface area contributed by atoms with Crippen molar-refractivity contribution in [2.75, 3.05) is 0 Å². The van der Waals surface area contributed by atoms with E-state index in [2.05, 4.69) is 4.42 Å². The highest BCUT2D eigenvalue weighted by Gasteiger charge is 2.20. The van der Waals surface area contributed by atoms with Crippen LogP contribution >= 0.6 is 0 Å². The third-order valence-electron chi connectivity index (χ3n) is 1.28. The first kappa shape index (κ1) is 8.25. The van der Waals surface area contributed by atoms with Gasteiger partial charge in [0, 0.05) is 5.56 Å². The Morgan fingerprint density at radius 2 is 2.33 bits per heavy atom. The fourth-order valence-corrected chi connectivity index (χ4v) is 0.768. The normalized spacial score (nSPS) is 9.75. The monoisotopic (exact) mass is 171 g/mol. The van der Waals surface area contributed by atoms with Crippen molar-refractivity contribution in [3.63, 3.8) is 0 Å². The maximum absolute atomic E-state index is 10.3. The van der Waals surface area contributed by atoms with E-state index in [9.17, 15) is 14.9 Å².